The van der Waals surface area contributed by atoms with Crippen molar-refractivity contribution in [1.82, 2.24) is 19.5 Å². The van der Waals surface area contributed by atoms with Gasteiger partial charge in [0.2, 0.25) is 0 Å². The summed E-state index contributed by atoms with van der Waals surface area (Å²) in [6.45, 7) is 3.87. The predicted octanol–water partition coefficient (Wildman–Crippen LogP) is 0.169. The van der Waals surface area contributed by atoms with Crippen LogP contribution >= 0.6 is 0 Å². The van der Waals surface area contributed by atoms with Gasteiger partial charge in [0.15, 0.2) is 18.2 Å². The van der Waals surface area contributed by atoms with Gasteiger partial charge in [0, 0.05) is 7.11 Å². The minimum atomic E-state index is -0.696. The highest BCUT2D eigenvalue weighted by Gasteiger charge is 2.55. The van der Waals surface area contributed by atoms with E-state index in [1.54, 1.807) is 20.4 Å². The number of hydrogen-bond acceptors (Lipinski definition) is 8. The number of ether oxygens (including phenoxy) is 4. The first kappa shape index (κ1) is 15.9. The molecule has 9 heteroatoms. The van der Waals surface area contributed by atoms with Crippen molar-refractivity contribution in [2.24, 2.45) is 0 Å². The molecule has 2 fully saturated rings. The largest absolute Gasteiger partial charge is 0.391 e. The van der Waals surface area contributed by atoms with Crippen molar-refractivity contribution < 1.29 is 24.1 Å². The molecule has 4 rings (SSSR count). The number of aliphatic hydroxyl groups excluding tert-OH is 1. The fraction of sp³-hybridized carbons (Fsp3) is 0.667. The van der Waals surface area contributed by atoms with Crippen LogP contribution in [0.4, 0.5) is 0 Å². The normalized spacial score (nSPS) is 33.9. The molecule has 2 aromatic rings. The van der Waals surface area contributed by atoms with Gasteiger partial charge < -0.3 is 24.1 Å². The third kappa shape index (κ3) is 2.40. The molecule has 1 N–H and O–H groups in total. The molecule has 2 saturated heterocycles. The van der Waals surface area contributed by atoms with Crippen molar-refractivity contribution in [3.8, 4) is 0 Å². The maximum Gasteiger partial charge on any atom is 0.182 e. The number of rotatable bonds is 4. The van der Waals surface area contributed by atoms with Crippen LogP contribution in [-0.2, 0) is 18.9 Å². The fourth-order valence-corrected chi connectivity index (χ4v) is 3.33. The summed E-state index contributed by atoms with van der Waals surface area (Å²) in [6, 6.07) is 0. The Morgan fingerprint density at radius 3 is 2.79 bits per heavy atom. The van der Waals surface area contributed by atoms with Crippen LogP contribution in [0, 0.1) is 6.92 Å². The highest BCUT2D eigenvalue weighted by atomic mass is 16.8. The van der Waals surface area contributed by atoms with Gasteiger partial charge in [-0.1, -0.05) is 0 Å². The van der Waals surface area contributed by atoms with Crippen molar-refractivity contribution in [1.29, 1.82) is 0 Å². The summed E-state index contributed by atoms with van der Waals surface area (Å²) in [4.78, 5) is 12.8. The van der Waals surface area contributed by atoms with Gasteiger partial charge in [0.1, 0.15) is 30.2 Å². The van der Waals surface area contributed by atoms with Crippen LogP contribution in [0.1, 0.15) is 18.8 Å². The number of aliphatic hydroxyl groups is 1. The van der Waals surface area contributed by atoms with Gasteiger partial charge >= 0.3 is 0 Å². The van der Waals surface area contributed by atoms with Crippen molar-refractivity contribution in [3.05, 3.63) is 18.3 Å². The lowest BCUT2D eigenvalue weighted by Gasteiger charge is -2.22. The molecule has 2 aromatic heterocycles. The Balaban J connectivity index is 1.70. The van der Waals surface area contributed by atoms with Crippen LogP contribution in [-0.4, -0.2) is 69.0 Å². The highest BCUT2D eigenvalue weighted by molar-refractivity contribution is 5.72. The molecular formula is C15H20N4O5. The molecular weight excluding hydrogens is 316 g/mol. The third-order valence-electron chi connectivity index (χ3n) is 4.44. The SMILES string of the molecule is COCC1OC2C(C(C)O)OC(n3cnc4c(C)ncnc43)C2O1. The van der Waals surface area contributed by atoms with Gasteiger partial charge in [-0.25, -0.2) is 15.0 Å². The molecule has 2 aliphatic rings. The summed E-state index contributed by atoms with van der Waals surface area (Å²) < 4.78 is 24.8. The molecule has 9 nitrogen and oxygen atoms in total. The topological polar surface area (TPSA) is 101 Å². The lowest BCUT2D eigenvalue weighted by molar-refractivity contribution is -0.174. The first-order valence-corrected chi connectivity index (χ1v) is 7.87. The van der Waals surface area contributed by atoms with Crippen LogP contribution in [0.5, 0.6) is 0 Å². The zero-order chi connectivity index (χ0) is 16.8. The number of methoxy groups -OCH3 is 1. The molecule has 2 aliphatic heterocycles. The first-order valence-electron chi connectivity index (χ1n) is 7.87. The molecule has 6 atom stereocenters. The monoisotopic (exact) mass is 336 g/mol. The van der Waals surface area contributed by atoms with Crippen LogP contribution in [0.25, 0.3) is 11.2 Å². The number of imidazole rings is 1. The Kier molecular flexibility index (Phi) is 3.97. The summed E-state index contributed by atoms with van der Waals surface area (Å²) in [5, 5.41) is 10.0. The molecule has 0 radical (unpaired) electrons. The molecule has 0 aliphatic carbocycles. The first-order chi connectivity index (χ1) is 11.6. The molecule has 6 unspecified atom stereocenters. The lowest BCUT2D eigenvalue weighted by Crippen LogP contribution is -2.36. The van der Waals surface area contributed by atoms with Crippen molar-refractivity contribution >= 4 is 11.2 Å². The summed E-state index contributed by atoms with van der Waals surface area (Å²) in [5.41, 5.74) is 2.17. The number of fused-ring (bicyclic) bond motifs is 2. The quantitative estimate of drug-likeness (QED) is 0.843. The van der Waals surface area contributed by atoms with E-state index < -0.39 is 24.7 Å². The second-order valence-electron chi connectivity index (χ2n) is 6.10. The second-order valence-corrected chi connectivity index (χ2v) is 6.10. The van der Waals surface area contributed by atoms with E-state index in [1.165, 1.54) is 6.33 Å². The van der Waals surface area contributed by atoms with Gasteiger partial charge in [-0.15, -0.1) is 0 Å². The maximum atomic E-state index is 10.0. The standard InChI is InChI=1S/C15H20N4O5/c1-7-10-14(17-5-16-7)19(6-18-10)15-13-12(11(24-15)8(2)20)22-9(23-13)4-21-3/h5-6,8-9,11-13,15,20H,4H2,1-3H3. The van der Waals surface area contributed by atoms with Crippen LogP contribution < -0.4 is 0 Å². The Morgan fingerprint density at radius 1 is 1.25 bits per heavy atom. The Labute approximate surface area is 138 Å². The highest BCUT2D eigenvalue weighted by Crippen LogP contribution is 2.41. The van der Waals surface area contributed by atoms with Crippen molar-refractivity contribution in [3.63, 3.8) is 0 Å². The summed E-state index contributed by atoms with van der Waals surface area (Å²) >= 11 is 0. The molecule has 0 bridgehead atoms. The summed E-state index contributed by atoms with van der Waals surface area (Å²) in [7, 11) is 1.59. The third-order valence-corrected chi connectivity index (χ3v) is 4.44. The van der Waals surface area contributed by atoms with Crippen molar-refractivity contribution in [2.45, 2.75) is 50.8 Å². The van der Waals surface area contributed by atoms with E-state index in [-0.39, 0.29) is 12.2 Å². The molecule has 130 valence electrons. The van der Waals surface area contributed by atoms with E-state index >= 15 is 0 Å². The van der Waals surface area contributed by atoms with E-state index in [4.69, 9.17) is 18.9 Å². The van der Waals surface area contributed by atoms with E-state index in [1.807, 2.05) is 11.5 Å². The van der Waals surface area contributed by atoms with Crippen LogP contribution in [0.3, 0.4) is 0 Å². The van der Waals surface area contributed by atoms with Crippen LogP contribution in [0.15, 0.2) is 12.7 Å². The molecule has 0 saturated carbocycles. The smallest absolute Gasteiger partial charge is 0.182 e. The van der Waals surface area contributed by atoms with Gasteiger partial charge in [-0.05, 0) is 13.8 Å². The molecule has 0 spiro atoms. The molecule has 4 heterocycles. The Morgan fingerprint density at radius 2 is 2.04 bits per heavy atom. The van der Waals surface area contributed by atoms with Gasteiger partial charge in [-0.3, -0.25) is 4.57 Å². The fourth-order valence-electron chi connectivity index (χ4n) is 3.33. The lowest BCUT2D eigenvalue weighted by atomic mass is 10.1. The Bertz CT molecular complexity index is 736. The van der Waals surface area contributed by atoms with Gasteiger partial charge in [0.05, 0.1) is 24.7 Å². The predicted molar refractivity (Wildman–Crippen MR) is 81.1 cm³/mol. The van der Waals surface area contributed by atoms with E-state index in [0.29, 0.717) is 17.8 Å². The number of nitrogens with zero attached hydrogens (tertiary/aromatic N) is 4. The average molecular weight is 336 g/mol. The van der Waals surface area contributed by atoms with E-state index in [0.717, 1.165) is 5.69 Å². The Hall–Kier alpha value is -1.65. The summed E-state index contributed by atoms with van der Waals surface area (Å²) in [6.07, 6.45) is 0.230. The minimum Gasteiger partial charge on any atom is -0.391 e. The molecule has 0 aromatic carbocycles. The van der Waals surface area contributed by atoms with Gasteiger partial charge in [0.25, 0.3) is 0 Å². The zero-order valence-electron chi connectivity index (χ0n) is 13.7. The minimum absolute atomic E-state index is 0.318. The maximum absolute atomic E-state index is 10.0. The summed E-state index contributed by atoms with van der Waals surface area (Å²) in [5.74, 6) is 0. The van der Waals surface area contributed by atoms with E-state index in [9.17, 15) is 5.11 Å². The number of hydrogen-bond donors (Lipinski definition) is 1. The molecule has 0 amide bonds. The molecule has 24 heavy (non-hydrogen) atoms. The van der Waals surface area contributed by atoms with E-state index in [2.05, 4.69) is 15.0 Å². The zero-order valence-corrected chi connectivity index (χ0v) is 13.7. The van der Waals surface area contributed by atoms with Gasteiger partial charge in [-0.2, -0.15) is 0 Å². The second kappa shape index (κ2) is 6.01. The van der Waals surface area contributed by atoms with Crippen molar-refractivity contribution in [2.75, 3.05) is 13.7 Å². The number of aromatic nitrogens is 4. The number of aryl methyl sites for hydroxylation is 1. The van der Waals surface area contributed by atoms with Crippen LogP contribution in [0.2, 0.25) is 0 Å². The average Bonchev–Trinajstić information content (AvgIpc) is 3.20.